The number of anilines is 1. The van der Waals surface area contributed by atoms with Gasteiger partial charge in [0.2, 0.25) is 0 Å². The average Bonchev–Trinajstić information content (AvgIpc) is 3.32. The molecule has 0 aliphatic carbocycles. The van der Waals surface area contributed by atoms with E-state index in [4.69, 9.17) is 18.9 Å². The zero-order chi connectivity index (χ0) is 13.4. The lowest BCUT2D eigenvalue weighted by Crippen LogP contribution is -2.31. The second-order valence-corrected chi connectivity index (χ2v) is 5.58. The monoisotopic (exact) mass is 277 g/mol. The minimum atomic E-state index is 0.296. The first-order valence-corrected chi connectivity index (χ1v) is 7.19. The first kappa shape index (κ1) is 12.4. The van der Waals surface area contributed by atoms with Crippen LogP contribution in [0.3, 0.4) is 0 Å². The second-order valence-electron chi connectivity index (χ2n) is 5.58. The highest BCUT2D eigenvalue weighted by Gasteiger charge is 2.30. The maximum atomic E-state index is 5.66. The standard InChI is InChI=1S/C15H19NO4/c1-3-12(17-9-15-10-20-15)4-2-11(1)16(5-13-7-18-13)6-14-8-19-14/h1-4,13-15H,5-10H2/t13?,14?,15-/m0/s1. The van der Waals surface area contributed by atoms with Crippen LogP contribution >= 0.6 is 0 Å². The van der Waals surface area contributed by atoms with Crippen molar-refractivity contribution in [3.8, 4) is 5.75 Å². The highest BCUT2D eigenvalue weighted by molar-refractivity contribution is 5.49. The predicted molar refractivity (Wildman–Crippen MR) is 73.4 cm³/mol. The maximum Gasteiger partial charge on any atom is 0.119 e. The van der Waals surface area contributed by atoms with Crippen molar-refractivity contribution in [2.75, 3.05) is 44.4 Å². The van der Waals surface area contributed by atoms with Gasteiger partial charge in [0.1, 0.15) is 18.5 Å². The smallest absolute Gasteiger partial charge is 0.119 e. The maximum absolute atomic E-state index is 5.66. The first-order chi connectivity index (χ1) is 9.87. The Balaban J connectivity index is 1.38. The van der Waals surface area contributed by atoms with Gasteiger partial charge in [-0.1, -0.05) is 0 Å². The van der Waals surface area contributed by atoms with E-state index in [0.717, 1.165) is 38.7 Å². The van der Waals surface area contributed by atoms with Gasteiger partial charge >= 0.3 is 0 Å². The van der Waals surface area contributed by atoms with Crippen molar-refractivity contribution in [3.63, 3.8) is 0 Å². The summed E-state index contributed by atoms with van der Waals surface area (Å²) in [6.45, 7) is 5.12. The summed E-state index contributed by atoms with van der Waals surface area (Å²) < 4.78 is 21.5. The molecule has 1 aromatic rings. The molecule has 108 valence electrons. The van der Waals surface area contributed by atoms with E-state index in [1.807, 2.05) is 12.1 Å². The largest absolute Gasteiger partial charge is 0.491 e. The molecule has 0 N–H and O–H groups in total. The van der Waals surface area contributed by atoms with E-state index in [-0.39, 0.29) is 0 Å². The Hall–Kier alpha value is -1.30. The van der Waals surface area contributed by atoms with Gasteiger partial charge in [-0.25, -0.2) is 0 Å². The molecule has 3 atom stereocenters. The third-order valence-electron chi connectivity index (χ3n) is 3.69. The summed E-state index contributed by atoms with van der Waals surface area (Å²) in [6, 6.07) is 8.25. The van der Waals surface area contributed by atoms with Gasteiger partial charge in [-0.05, 0) is 24.3 Å². The van der Waals surface area contributed by atoms with Crippen LogP contribution in [0.1, 0.15) is 0 Å². The second kappa shape index (κ2) is 5.24. The number of ether oxygens (including phenoxy) is 4. The number of hydrogen-bond acceptors (Lipinski definition) is 5. The van der Waals surface area contributed by atoms with Crippen molar-refractivity contribution in [3.05, 3.63) is 24.3 Å². The fraction of sp³-hybridized carbons (Fsp3) is 0.600. The van der Waals surface area contributed by atoms with Crippen molar-refractivity contribution >= 4 is 5.69 Å². The Morgan fingerprint density at radius 1 is 0.900 bits per heavy atom. The van der Waals surface area contributed by atoms with Crippen molar-refractivity contribution in [2.24, 2.45) is 0 Å². The molecule has 0 radical (unpaired) electrons. The summed E-state index contributed by atoms with van der Waals surface area (Å²) in [6.07, 6.45) is 1.07. The molecule has 5 heteroatoms. The molecule has 0 bridgehead atoms. The van der Waals surface area contributed by atoms with Crippen LogP contribution in [0.15, 0.2) is 24.3 Å². The Kier molecular flexibility index (Phi) is 3.26. The first-order valence-electron chi connectivity index (χ1n) is 7.19. The van der Waals surface area contributed by atoms with Gasteiger partial charge in [-0.15, -0.1) is 0 Å². The summed E-state index contributed by atoms with van der Waals surface area (Å²) in [5, 5.41) is 0. The Labute approximate surface area is 118 Å². The topological polar surface area (TPSA) is 50.1 Å². The fourth-order valence-corrected chi connectivity index (χ4v) is 2.23. The summed E-state index contributed by atoms with van der Waals surface area (Å²) in [5.74, 6) is 0.898. The van der Waals surface area contributed by atoms with E-state index in [9.17, 15) is 0 Å². The predicted octanol–water partition coefficient (Wildman–Crippen LogP) is 1.07. The van der Waals surface area contributed by atoms with Gasteiger partial charge in [0.05, 0.1) is 32.0 Å². The van der Waals surface area contributed by atoms with Crippen molar-refractivity contribution in [2.45, 2.75) is 18.3 Å². The summed E-state index contributed by atoms with van der Waals surface area (Å²) >= 11 is 0. The fourth-order valence-electron chi connectivity index (χ4n) is 2.23. The molecule has 4 rings (SSSR count). The van der Waals surface area contributed by atoms with Gasteiger partial charge in [0.15, 0.2) is 0 Å². The number of nitrogens with zero attached hydrogens (tertiary/aromatic N) is 1. The third-order valence-corrected chi connectivity index (χ3v) is 3.69. The van der Waals surface area contributed by atoms with Crippen LogP contribution in [0.4, 0.5) is 5.69 Å². The van der Waals surface area contributed by atoms with Crippen molar-refractivity contribution in [1.29, 1.82) is 0 Å². The van der Waals surface area contributed by atoms with E-state index >= 15 is 0 Å². The van der Waals surface area contributed by atoms with Gasteiger partial charge in [0.25, 0.3) is 0 Å². The number of benzene rings is 1. The molecule has 0 aromatic heterocycles. The molecule has 0 spiro atoms. The lowest BCUT2D eigenvalue weighted by atomic mass is 10.2. The van der Waals surface area contributed by atoms with E-state index < -0.39 is 0 Å². The average molecular weight is 277 g/mol. The highest BCUT2D eigenvalue weighted by Crippen LogP contribution is 2.25. The Morgan fingerprint density at radius 2 is 1.45 bits per heavy atom. The quantitative estimate of drug-likeness (QED) is 0.665. The van der Waals surface area contributed by atoms with Crippen molar-refractivity contribution < 1.29 is 18.9 Å². The van der Waals surface area contributed by atoms with E-state index in [2.05, 4.69) is 17.0 Å². The molecule has 3 aliphatic heterocycles. The summed E-state index contributed by atoms with van der Waals surface area (Å²) in [4.78, 5) is 2.34. The highest BCUT2D eigenvalue weighted by atomic mass is 16.6. The zero-order valence-corrected chi connectivity index (χ0v) is 11.4. The Morgan fingerprint density at radius 3 is 1.95 bits per heavy atom. The molecular weight excluding hydrogens is 258 g/mol. The van der Waals surface area contributed by atoms with Crippen LogP contribution in [-0.4, -0.2) is 57.8 Å². The SMILES string of the molecule is c1cc(N(CC2CO2)CC2CO2)ccc1OC[C@H]1CO1. The van der Waals surface area contributed by atoms with Gasteiger partial charge in [-0.3, -0.25) is 0 Å². The lowest BCUT2D eigenvalue weighted by molar-refractivity contribution is 0.263. The third kappa shape index (κ3) is 3.42. The number of epoxide rings is 3. The van der Waals surface area contributed by atoms with Gasteiger partial charge in [-0.2, -0.15) is 0 Å². The molecule has 0 amide bonds. The summed E-state index contributed by atoms with van der Waals surface area (Å²) in [5.41, 5.74) is 1.20. The van der Waals surface area contributed by atoms with Crippen molar-refractivity contribution in [1.82, 2.24) is 0 Å². The molecule has 3 heterocycles. The molecule has 0 saturated carbocycles. The van der Waals surface area contributed by atoms with Crippen LogP contribution < -0.4 is 9.64 Å². The van der Waals surface area contributed by atoms with Crippen LogP contribution in [0.2, 0.25) is 0 Å². The van der Waals surface area contributed by atoms with Crippen LogP contribution in [0.25, 0.3) is 0 Å². The molecule has 5 nitrogen and oxygen atoms in total. The minimum absolute atomic E-state index is 0.296. The van der Waals surface area contributed by atoms with Crippen LogP contribution in [0.5, 0.6) is 5.75 Å². The van der Waals surface area contributed by atoms with Crippen LogP contribution in [-0.2, 0) is 14.2 Å². The molecule has 20 heavy (non-hydrogen) atoms. The molecule has 3 aliphatic rings. The van der Waals surface area contributed by atoms with Crippen LogP contribution in [0, 0.1) is 0 Å². The summed E-state index contributed by atoms with van der Waals surface area (Å²) in [7, 11) is 0. The number of rotatable bonds is 8. The molecular formula is C15H19NO4. The molecule has 3 saturated heterocycles. The molecule has 2 unspecified atom stereocenters. The molecule has 1 aromatic carbocycles. The molecule has 3 fully saturated rings. The lowest BCUT2D eigenvalue weighted by Gasteiger charge is -2.23. The van der Waals surface area contributed by atoms with Gasteiger partial charge in [0, 0.05) is 18.8 Å². The van der Waals surface area contributed by atoms with Gasteiger partial charge < -0.3 is 23.8 Å². The van der Waals surface area contributed by atoms with E-state index in [0.29, 0.717) is 24.9 Å². The Bertz CT molecular complexity index is 437. The van der Waals surface area contributed by atoms with E-state index in [1.54, 1.807) is 0 Å². The minimum Gasteiger partial charge on any atom is -0.491 e. The number of hydrogen-bond donors (Lipinski definition) is 0. The van der Waals surface area contributed by atoms with E-state index in [1.165, 1.54) is 5.69 Å². The zero-order valence-electron chi connectivity index (χ0n) is 11.4. The normalized spacial score (nSPS) is 29.9.